The molecule has 0 radical (unpaired) electrons. The summed E-state index contributed by atoms with van der Waals surface area (Å²) in [4.78, 5) is 13.3. The number of likely N-dealkylation sites (tertiary alicyclic amines) is 1. The number of aromatic nitrogens is 4. The molecule has 0 N–H and O–H groups in total. The van der Waals surface area contributed by atoms with E-state index in [-0.39, 0.29) is 0 Å². The van der Waals surface area contributed by atoms with Crippen molar-refractivity contribution in [2.45, 2.75) is 32.4 Å². The molecule has 0 bridgehead atoms. The van der Waals surface area contributed by atoms with Crippen LogP contribution < -0.4 is 4.90 Å². The van der Waals surface area contributed by atoms with Gasteiger partial charge < -0.3 is 9.80 Å². The van der Waals surface area contributed by atoms with Crippen molar-refractivity contribution in [2.75, 3.05) is 31.6 Å². The first-order valence-electron chi connectivity index (χ1n) is 8.03. The fourth-order valence-corrected chi connectivity index (χ4v) is 3.11. The molecule has 6 nitrogen and oxygen atoms in total. The van der Waals surface area contributed by atoms with Crippen LogP contribution in [0.5, 0.6) is 0 Å². The summed E-state index contributed by atoms with van der Waals surface area (Å²) in [6, 6.07) is 0.486. The van der Waals surface area contributed by atoms with Crippen LogP contribution in [0.3, 0.4) is 0 Å². The highest BCUT2D eigenvalue weighted by atomic mass is 35.5. The van der Waals surface area contributed by atoms with Gasteiger partial charge in [0.1, 0.15) is 0 Å². The summed E-state index contributed by atoms with van der Waals surface area (Å²) in [5, 5.41) is 4.92. The topological polar surface area (TPSA) is 50.1 Å². The zero-order valence-electron chi connectivity index (χ0n) is 13.7. The minimum atomic E-state index is 0.486. The number of hydrogen-bond acceptors (Lipinski definition) is 5. The van der Waals surface area contributed by atoms with E-state index in [1.165, 1.54) is 5.56 Å². The fraction of sp³-hybridized carbons (Fsp3) is 0.562. The number of hydrogen-bond donors (Lipinski definition) is 0. The highest BCUT2D eigenvalue weighted by Crippen LogP contribution is 2.19. The Kier molecular flexibility index (Phi) is 5.13. The van der Waals surface area contributed by atoms with Crippen molar-refractivity contribution in [3.8, 4) is 0 Å². The van der Waals surface area contributed by atoms with Crippen LogP contribution in [-0.2, 0) is 6.54 Å². The van der Waals surface area contributed by atoms with Gasteiger partial charge in [-0.1, -0.05) is 11.6 Å². The van der Waals surface area contributed by atoms with Gasteiger partial charge in [0, 0.05) is 38.9 Å². The molecule has 0 atom stereocenters. The SMILES string of the molecule is Cc1cnn(CCN2CCC(N(C)c3ncc(Cl)cn3)CC2)c1. The van der Waals surface area contributed by atoms with Crippen molar-refractivity contribution in [1.82, 2.24) is 24.6 Å². The van der Waals surface area contributed by atoms with Crippen molar-refractivity contribution in [3.05, 3.63) is 35.4 Å². The van der Waals surface area contributed by atoms with E-state index in [1.54, 1.807) is 12.4 Å². The number of piperidine rings is 1. The predicted molar refractivity (Wildman–Crippen MR) is 91.9 cm³/mol. The molecule has 2 aromatic rings. The van der Waals surface area contributed by atoms with E-state index >= 15 is 0 Å². The Morgan fingerprint density at radius 1 is 1.17 bits per heavy atom. The summed E-state index contributed by atoms with van der Waals surface area (Å²) in [6.07, 6.45) is 9.57. The van der Waals surface area contributed by atoms with E-state index in [0.29, 0.717) is 11.1 Å². The van der Waals surface area contributed by atoms with Gasteiger partial charge in [-0.05, 0) is 25.3 Å². The van der Waals surface area contributed by atoms with Crippen LogP contribution in [0.4, 0.5) is 5.95 Å². The van der Waals surface area contributed by atoms with Crippen LogP contribution >= 0.6 is 11.6 Å². The molecule has 0 saturated carbocycles. The summed E-state index contributed by atoms with van der Waals surface area (Å²) in [5.74, 6) is 0.750. The largest absolute Gasteiger partial charge is 0.341 e. The molecule has 124 valence electrons. The summed E-state index contributed by atoms with van der Waals surface area (Å²) < 4.78 is 2.02. The van der Waals surface area contributed by atoms with E-state index in [4.69, 9.17) is 11.6 Å². The maximum Gasteiger partial charge on any atom is 0.225 e. The minimum absolute atomic E-state index is 0.486. The molecule has 1 saturated heterocycles. The third-order valence-electron chi connectivity index (χ3n) is 4.43. The average Bonchev–Trinajstić information content (AvgIpc) is 2.99. The lowest BCUT2D eigenvalue weighted by Crippen LogP contribution is -2.44. The van der Waals surface area contributed by atoms with Gasteiger partial charge in [0.05, 0.1) is 30.2 Å². The molecule has 0 aromatic carbocycles. The van der Waals surface area contributed by atoms with Gasteiger partial charge in [0.15, 0.2) is 0 Å². The van der Waals surface area contributed by atoms with Crippen LogP contribution in [0.25, 0.3) is 0 Å². The summed E-state index contributed by atoms with van der Waals surface area (Å²) >= 11 is 5.85. The first-order chi connectivity index (χ1) is 11.1. The zero-order chi connectivity index (χ0) is 16.2. The number of halogens is 1. The molecular weight excluding hydrogens is 312 g/mol. The zero-order valence-corrected chi connectivity index (χ0v) is 14.4. The summed E-state index contributed by atoms with van der Waals surface area (Å²) in [5.41, 5.74) is 1.22. The standard InChI is InChI=1S/C16H23ClN6/c1-13-9-20-23(12-13)8-7-22-5-3-15(4-6-22)21(2)16-18-10-14(17)11-19-16/h9-12,15H,3-8H2,1-2H3. The average molecular weight is 335 g/mol. The van der Waals surface area contributed by atoms with Crippen molar-refractivity contribution in [1.29, 1.82) is 0 Å². The molecule has 0 spiro atoms. The number of anilines is 1. The summed E-state index contributed by atoms with van der Waals surface area (Å²) in [7, 11) is 2.07. The normalized spacial score (nSPS) is 16.7. The van der Waals surface area contributed by atoms with Crippen LogP contribution in [0.2, 0.25) is 5.02 Å². The maximum atomic E-state index is 5.85. The first kappa shape index (κ1) is 16.2. The molecule has 23 heavy (non-hydrogen) atoms. The molecule has 3 heterocycles. The Bertz CT molecular complexity index is 618. The molecule has 1 aliphatic heterocycles. The molecule has 1 fully saturated rings. The molecule has 1 aliphatic rings. The quantitative estimate of drug-likeness (QED) is 0.839. The fourth-order valence-electron chi connectivity index (χ4n) is 3.01. The smallest absolute Gasteiger partial charge is 0.225 e. The van der Waals surface area contributed by atoms with Crippen molar-refractivity contribution in [2.24, 2.45) is 0 Å². The van der Waals surface area contributed by atoms with Crippen molar-refractivity contribution in [3.63, 3.8) is 0 Å². The Balaban J connectivity index is 1.47. The lowest BCUT2D eigenvalue weighted by Gasteiger charge is -2.36. The third kappa shape index (κ3) is 4.20. The van der Waals surface area contributed by atoms with Crippen LogP contribution in [0.1, 0.15) is 18.4 Å². The maximum absolute atomic E-state index is 5.85. The molecule has 2 aromatic heterocycles. The van der Waals surface area contributed by atoms with Gasteiger partial charge in [-0.15, -0.1) is 0 Å². The van der Waals surface area contributed by atoms with Crippen LogP contribution in [0, 0.1) is 6.92 Å². The van der Waals surface area contributed by atoms with Gasteiger partial charge >= 0.3 is 0 Å². The first-order valence-corrected chi connectivity index (χ1v) is 8.41. The predicted octanol–water partition coefficient (Wildman–Crippen LogP) is 2.24. The van der Waals surface area contributed by atoms with E-state index in [2.05, 4.69) is 45.0 Å². The lowest BCUT2D eigenvalue weighted by atomic mass is 10.0. The van der Waals surface area contributed by atoms with Gasteiger partial charge in [0.2, 0.25) is 5.95 Å². The Hall–Kier alpha value is -1.66. The molecule has 0 aliphatic carbocycles. The van der Waals surface area contributed by atoms with Crippen LogP contribution in [0.15, 0.2) is 24.8 Å². The van der Waals surface area contributed by atoms with Gasteiger partial charge in [-0.2, -0.15) is 5.10 Å². The second-order valence-electron chi connectivity index (χ2n) is 6.17. The highest BCUT2D eigenvalue weighted by molar-refractivity contribution is 6.30. The Labute approximate surface area is 142 Å². The second kappa shape index (κ2) is 7.27. The number of nitrogens with zero attached hydrogens (tertiary/aromatic N) is 6. The number of rotatable bonds is 5. The third-order valence-corrected chi connectivity index (χ3v) is 4.63. The Morgan fingerprint density at radius 2 is 1.87 bits per heavy atom. The van der Waals surface area contributed by atoms with Gasteiger partial charge in [-0.25, -0.2) is 9.97 Å². The monoisotopic (exact) mass is 334 g/mol. The highest BCUT2D eigenvalue weighted by Gasteiger charge is 2.23. The van der Waals surface area contributed by atoms with Crippen molar-refractivity contribution < 1.29 is 0 Å². The van der Waals surface area contributed by atoms with E-state index in [9.17, 15) is 0 Å². The van der Waals surface area contributed by atoms with Crippen molar-refractivity contribution >= 4 is 17.5 Å². The van der Waals surface area contributed by atoms with E-state index in [1.807, 2.05) is 10.9 Å². The van der Waals surface area contributed by atoms with Gasteiger partial charge in [-0.3, -0.25) is 4.68 Å². The Morgan fingerprint density at radius 3 is 2.48 bits per heavy atom. The molecular formula is C16H23ClN6. The lowest BCUT2D eigenvalue weighted by molar-refractivity contribution is 0.201. The minimum Gasteiger partial charge on any atom is -0.341 e. The van der Waals surface area contributed by atoms with E-state index in [0.717, 1.165) is 45.0 Å². The van der Waals surface area contributed by atoms with E-state index < -0.39 is 0 Å². The van der Waals surface area contributed by atoms with Crippen LogP contribution in [-0.4, -0.2) is 57.4 Å². The molecule has 7 heteroatoms. The number of aryl methyl sites for hydroxylation is 1. The molecule has 3 rings (SSSR count). The molecule has 0 unspecified atom stereocenters. The molecule has 0 amide bonds. The summed E-state index contributed by atoms with van der Waals surface area (Å²) in [6.45, 7) is 6.28. The van der Waals surface area contributed by atoms with Gasteiger partial charge in [0.25, 0.3) is 0 Å². The second-order valence-corrected chi connectivity index (χ2v) is 6.60.